The summed E-state index contributed by atoms with van der Waals surface area (Å²) in [7, 11) is 1.92. The van der Waals surface area contributed by atoms with Crippen molar-refractivity contribution in [2.45, 2.75) is 41.2 Å². The van der Waals surface area contributed by atoms with Gasteiger partial charge in [-0.3, -0.25) is 4.98 Å². The Hall–Kier alpha value is -0.890. The van der Waals surface area contributed by atoms with Crippen LogP contribution >= 0.6 is 0 Å². The van der Waals surface area contributed by atoms with Crippen LogP contribution in [0.2, 0.25) is 0 Å². The number of rotatable bonds is 2. The van der Waals surface area contributed by atoms with Crippen LogP contribution in [-0.4, -0.2) is 12.0 Å². The van der Waals surface area contributed by atoms with E-state index in [0.29, 0.717) is 0 Å². The van der Waals surface area contributed by atoms with Gasteiger partial charge in [0.15, 0.2) is 0 Å². The van der Waals surface area contributed by atoms with Crippen molar-refractivity contribution in [3.63, 3.8) is 0 Å². The lowest BCUT2D eigenvalue weighted by Gasteiger charge is -2.00. The van der Waals surface area contributed by atoms with Crippen molar-refractivity contribution in [1.82, 2.24) is 10.3 Å². The molecule has 0 atom stereocenters. The number of pyridine rings is 1. The van der Waals surface area contributed by atoms with Gasteiger partial charge in [-0.25, -0.2) is 0 Å². The molecule has 0 fully saturated rings. The van der Waals surface area contributed by atoms with E-state index in [1.54, 1.807) is 0 Å². The maximum Gasteiger partial charge on any atom is 0.0570 e. The first-order chi connectivity index (χ1) is 6.84. The molecule has 14 heavy (non-hydrogen) atoms. The molecule has 1 rings (SSSR count). The van der Waals surface area contributed by atoms with Crippen LogP contribution < -0.4 is 5.32 Å². The van der Waals surface area contributed by atoms with Gasteiger partial charge in [-0.05, 0) is 25.6 Å². The van der Waals surface area contributed by atoms with Crippen LogP contribution in [0.25, 0.3) is 0 Å². The molecule has 0 aliphatic rings. The molecule has 0 aromatic carbocycles. The monoisotopic (exact) mass is 196 g/mol. The molecular formula is C12H24N2. The Bertz CT molecular complexity index is 209. The molecule has 0 radical (unpaired) electrons. The van der Waals surface area contributed by atoms with Crippen molar-refractivity contribution in [3.05, 3.63) is 29.6 Å². The maximum atomic E-state index is 4.21. The molecule has 0 aliphatic heterocycles. The minimum atomic E-state index is 0.854. The highest BCUT2D eigenvalue weighted by Crippen LogP contribution is 2.01. The molecule has 1 aromatic rings. The number of aromatic nitrogens is 1. The minimum Gasteiger partial charge on any atom is -0.314 e. The Labute approximate surface area is 88.8 Å². The molecule has 0 bridgehead atoms. The highest BCUT2D eigenvalue weighted by molar-refractivity contribution is 5.17. The van der Waals surface area contributed by atoms with Crippen LogP contribution in [-0.2, 0) is 6.54 Å². The van der Waals surface area contributed by atoms with E-state index in [0.717, 1.165) is 12.2 Å². The predicted octanol–water partition coefficient (Wildman–Crippen LogP) is 3.16. The van der Waals surface area contributed by atoms with Crippen molar-refractivity contribution >= 4 is 0 Å². The zero-order valence-corrected chi connectivity index (χ0v) is 10.4. The van der Waals surface area contributed by atoms with Gasteiger partial charge >= 0.3 is 0 Å². The quantitative estimate of drug-likeness (QED) is 0.786. The second-order valence-electron chi connectivity index (χ2n) is 2.30. The summed E-state index contributed by atoms with van der Waals surface area (Å²) in [5.41, 5.74) is 2.38. The first-order valence-electron chi connectivity index (χ1n) is 5.39. The second kappa shape index (κ2) is 12.1. The SMILES string of the molecule is CC.CC.CNCc1ncccc1C. The van der Waals surface area contributed by atoms with Crippen LogP contribution in [0.1, 0.15) is 39.0 Å². The topological polar surface area (TPSA) is 24.9 Å². The lowest BCUT2D eigenvalue weighted by Crippen LogP contribution is -2.07. The fourth-order valence-corrected chi connectivity index (χ4v) is 0.871. The normalized spacial score (nSPS) is 7.86. The predicted molar refractivity (Wildman–Crippen MR) is 64.4 cm³/mol. The van der Waals surface area contributed by atoms with E-state index in [1.165, 1.54) is 5.56 Å². The first kappa shape index (κ1) is 15.6. The van der Waals surface area contributed by atoms with Crippen LogP contribution in [0.5, 0.6) is 0 Å². The van der Waals surface area contributed by atoms with Crippen LogP contribution in [0.15, 0.2) is 18.3 Å². The van der Waals surface area contributed by atoms with E-state index in [9.17, 15) is 0 Å². The highest BCUT2D eigenvalue weighted by Gasteiger charge is 1.93. The molecule has 0 aliphatic carbocycles. The zero-order valence-electron chi connectivity index (χ0n) is 10.4. The van der Waals surface area contributed by atoms with E-state index in [-0.39, 0.29) is 0 Å². The largest absolute Gasteiger partial charge is 0.314 e. The molecule has 0 unspecified atom stereocenters. The highest BCUT2D eigenvalue weighted by atomic mass is 14.8. The van der Waals surface area contributed by atoms with Crippen molar-refractivity contribution in [2.24, 2.45) is 0 Å². The molecule has 1 N–H and O–H groups in total. The summed E-state index contributed by atoms with van der Waals surface area (Å²) in [4.78, 5) is 4.21. The number of hydrogen-bond donors (Lipinski definition) is 1. The summed E-state index contributed by atoms with van der Waals surface area (Å²) in [6, 6.07) is 4.02. The number of aryl methyl sites for hydroxylation is 1. The molecule has 0 saturated heterocycles. The summed E-state index contributed by atoms with van der Waals surface area (Å²) < 4.78 is 0. The number of nitrogens with one attached hydrogen (secondary N) is 1. The summed E-state index contributed by atoms with van der Waals surface area (Å²) in [6.45, 7) is 10.9. The van der Waals surface area contributed by atoms with Crippen molar-refractivity contribution in [3.8, 4) is 0 Å². The van der Waals surface area contributed by atoms with Crippen LogP contribution in [0.4, 0.5) is 0 Å². The molecule has 1 heterocycles. The number of nitrogens with zero attached hydrogens (tertiary/aromatic N) is 1. The molecule has 0 spiro atoms. The van der Waals surface area contributed by atoms with Gasteiger partial charge < -0.3 is 5.32 Å². The lowest BCUT2D eigenvalue weighted by atomic mass is 10.2. The van der Waals surface area contributed by atoms with E-state index < -0.39 is 0 Å². The molecule has 2 heteroatoms. The van der Waals surface area contributed by atoms with E-state index >= 15 is 0 Å². The number of hydrogen-bond acceptors (Lipinski definition) is 2. The molecule has 0 amide bonds. The van der Waals surface area contributed by atoms with Gasteiger partial charge in [0.25, 0.3) is 0 Å². The third kappa shape index (κ3) is 6.61. The first-order valence-corrected chi connectivity index (χ1v) is 5.39. The Balaban J connectivity index is 0. The molecule has 2 nitrogen and oxygen atoms in total. The molecule has 82 valence electrons. The Morgan fingerprint density at radius 2 is 1.79 bits per heavy atom. The molecule has 0 saturated carbocycles. The smallest absolute Gasteiger partial charge is 0.0570 e. The standard InChI is InChI=1S/C8H12N2.2C2H6/c1-7-4-3-5-10-8(7)6-9-2;2*1-2/h3-5,9H,6H2,1-2H3;2*1-2H3. The van der Waals surface area contributed by atoms with Gasteiger partial charge in [0.05, 0.1) is 5.69 Å². The average Bonchev–Trinajstić information content (AvgIpc) is 2.28. The molecular weight excluding hydrogens is 172 g/mol. The van der Waals surface area contributed by atoms with Crippen molar-refractivity contribution < 1.29 is 0 Å². The van der Waals surface area contributed by atoms with Gasteiger partial charge in [0.1, 0.15) is 0 Å². The maximum absolute atomic E-state index is 4.21. The van der Waals surface area contributed by atoms with Gasteiger partial charge in [-0.2, -0.15) is 0 Å². The fourth-order valence-electron chi connectivity index (χ4n) is 0.871. The van der Waals surface area contributed by atoms with Gasteiger partial charge in [-0.1, -0.05) is 33.8 Å². The lowest BCUT2D eigenvalue weighted by molar-refractivity contribution is 0.784. The van der Waals surface area contributed by atoms with Gasteiger partial charge in [0, 0.05) is 12.7 Å². The van der Waals surface area contributed by atoms with E-state index in [2.05, 4.69) is 23.3 Å². The Kier molecular flexibility index (Phi) is 13.5. The third-order valence-corrected chi connectivity index (χ3v) is 1.46. The minimum absolute atomic E-state index is 0.854. The van der Waals surface area contributed by atoms with E-state index in [4.69, 9.17) is 0 Å². The van der Waals surface area contributed by atoms with E-state index in [1.807, 2.05) is 47.0 Å². The fraction of sp³-hybridized carbons (Fsp3) is 0.583. The van der Waals surface area contributed by atoms with Crippen LogP contribution in [0.3, 0.4) is 0 Å². The molecule has 1 aromatic heterocycles. The third-order valence-electron chi connectivity index (χ3n) is 1.46. The Morgan fingerprint density at radius 1 is 1.21 bits per heavy atom. The van der Waals surface area contributed by atoms with Crippen LogP contribution in [0, 0.1) is 6.92 Å². The second-order valence-corrected chi connectivity index (χ2v) is 2.30. The Morgan fingerprint density at radius 3 is 2.21 bits per heavy atom. The van der Waals surface area contributed by atoms with Crippen molar-refractivity contribution in [2.75, 3.05) is 7.05 Å². The van der Waals surface area contributed by atoms with Gasteiger partial charge in [-0.15, -0.1) is 0 Å². The summed E-state index contributed by atoms with van der Waals surface area (Å²) in [5.74, 6) is 0. The van der Waals surface area contributed by atoms with Gasteiger partial charge in [0.2, 0.25) is 0 Å². The summed E-state index contributed by atoms with van der Waals surface area (Å²) in [5, 5.41) is 3.06. The zero-order chi connectivity index (χ0) is 11.4. The summed E-state index contributed by atoms with van der Waals surface area (Å²) in [6.07, 6.45) is 1.82. The summed E-state index contributed by atoms with van der Waals surface area (Å²) >= 11 is 0. The average molecular weight is 196 g/mol. The van der Waals surface area contributed by atoms with Crippen molar-refractivity contribution in [1.29, 1.82) is 0 Å².